The quantitative estimate of drug-likeness (QED) is 0.533. The van der Waals surface area contributed by atoms with E-state index < -0.39 is 0 Å². The molecule has 0 radical (unpaired) electrons. The molecule has 1 heterocycles. The maximum absolute atomic E-state index is 9.81. The van der Waals surface area contributed by atoms with Gasteiger partial charge in [0.15, 0.2) is 16.6 Å². The lowest BCUT2D eigenvalue weighted by Gasteiger charge is -2.24. The van der Waals surface area contributed by atoms with Crippen LogP contribution >= 0.6 is 12.2 Å². The smallest absolute Gasteiger partial charge is 0.169 e. The van der Waals surface area contributed by atoms with E-state index in [2.05, 4.69) is 55.3 Å². The maximum Gasteiger partial charge on any atom is 0.169 e. The SMILES string of the molecule is CC(C)(C)c1ccc(CCNC(=S)N2CCCc3cc(O)c(O)cc3C2)cc1. The number of aryl methyl sites for hydroxylation is 1. The van der Waals surface area contributed by atoms with Gasteiger partial charge in [0.1, 0.15) is 0 Å². The molecule has 4 nitrogen and oxygen atoms in total. The first kappa shape index (κ1) is 20.5. The highest BCUT2D eigenvalue weighted by molar-refractivity contribution is 7.80. The zero-order chi connectivity index (χ0) is 20.3. The van der Waals surface area contributed by atoms with Gasteiger partial charge in [0.05, 0.1) is 0 Å². The summed E-state index contributed by atoms with van der Waals surface area (Å²) in [5, 5.41) is 23.7. The number of hydrogen-bond acceptors (Lipinski definition) is 3. The molecular formula is C23H30N2O2S. The lowest BCUT2D eigenvalue weighted by atomic mass is 9.86. The van der Waals surface area contributed by atoms with Crippen molar-refractivity contribution >= 4 is 17.3 Å². The zero-order valence-corrected chi connectivity index (χ0v) is 17.8. The summed E-state index contributed by atoms with van der Waals surface area (Å²) in [6.07, 6.45) is 2.76. The highest BCUT2D eigenvalue weighted by Crippen LogP contribution is 2.31. The van der Waals surface area contributed by atoms with Crippen molar-refractivity contribution in [3.63, 3.8) is 0 Å². The Bertz CT molecular complexity index is 841. The van der Waals surface area contributed by atoms with Gasteiger partial charge in [0.2, 0.25) is 0 Å². The van der Waals surface area contributed by atoms with Crippen LogP contribution in [0.2, 0.25) is 0 Å². The number of aromatic hydroxyl groups is 2. The van der Waals surface area contributed by atoms with Gasteiger partial charge >= 0.3 is 0 Å². The van der Waals surface area contributed by atoms with E-state index in [4.69, 9.17) is 12.2 Å². The first-order valence-electron chi connectivity index (χ1n) is 9.90. The Hall–Kier alpha value is -2.27. The van der Waals surface area contributed by atoms with Gasteiger partial charge in [0.25, 0.3) is 0 Å². The molecule has 0 aromatic heterocycles. The Morgan fingerprint density at radius 2 is 1.71 bits per heavy atom. The van der Waals surface area contributed by atoms with Crippen molar-refractivity contribution in [1.29, 1.82) is 0 Å². The predicted octanol–water partition coefficient (Wildman–Crippen LogP) is 4.26. The van der Waals surface area contributed by atoms with Crippen LogP contribution in [0.15, 0.2) is 36.4 Å². The molecule has 1 aliphatic rings. The first-order valence-corrected chi connectivity index (χ1v) is 10.3. The normalized spacial score (nSPS) is 14.3. The van der Waals surface area contributed by atoms with Crippen molar-refractivity contribution in [2.45, 2.75) is 52.0 Å². The Morgan fingerprint density at radius 1 is 1.07 bits per heavy atom. The Balaban J connectivity index is 1.55. The summed E-state index contributed by atoms with van der Waals surface area (Å²) in [5.41, 5.74) is 4.92. The number of benzene rings is 2. The highest BCUT2D eigenvalue weighted by atomic mass is 32.1. The van der Waals surface area contributed by atoms with Gasteiger partial charge < -0.3 is 20.4 Å². The molecule has 150 valence electrons. The zero-order valence-electron chi connectivity index (χ0n) is 17.0. The van der Waals surface area contributed by atoms with Crippen LogP contribution in [0, 0.1) is 0 Å². The lowest BCUT2D eigenvalue weighted by molar-refractivity contribution is 0.397. The molecule has 0 saturated carbocycles. The molecular weight excluding hydrogens is 368 g/mol. The molecule has 5 heteroatoms. The second kappa shape index (κ2) is 8.39. The van der Waals surface area contributed by atoms with Crippen LogP contribution in [0.1, 0.15) is 49.4 Å². The number of thiocarbonyl (C=S) groups is 1. The average Bonchev–Trinajstić information content (AvgIpc) is 2.84. The van der Waals surface area contributed by atoms with Crippen LogP contribution < -0.4 is 5.32 Å². The molecule has 3 rings (SSSR count). The second-order valence-corrected chi connectivity index (χ2v) is 8.95. The Kier molecular flexibility index (Phi) is 6.14. The third-order valence-corrected chi connectivity index (χ3v) is 5.73. The molecule has 0 saturated heterocycles. The molecule has 0 atom stereocenters. The van der Waals surface area contributed by atoms with E-state index in [-0.39, 0.29) is 16.9 Å². The Morgan fingerprint density at radius 3 is 2.36 bits per heavy atom. The van der Waals surface area contributed by atoms with Crippen LogP contribution in [0.5, 0.6) is 11.5 Å². The monoisotopic (exact) mass is 398 g/mol. The predicted molar refractivity (Wildman–Crippen MR) is 118 cm³/mol. The van der Waals surface area contributed by atoms with E-state index in [9.17, 15) is 10.2 Å². The van der Waals surface area contributed by atoms with Crippen molar-refractivity contribution in [2.75, 3.05) is 13.1 Å². The summed E-state index contributed by atoms with van der Waals surface area (Å²) < 4.78 is 0. The molecule has 0 amide bonds. The van der Waals surface area contributed by atoms with Gasteiger partial charge in [-0.2, -0.15) is 0 Å². The summed E-state index contributed by atoms with van der Waals surface area (Å²) in [5.74, 6) is -0.122. The summed E-state index contributed by atoms with van der Waals surface area (Å²) >= 11 is 5.61. The summed E-state index contributed by atoms with van der Waals surface area (Å²) in [6, 6.07) is 12.1. The van der Waals surface area contributed by atoms with Gasteiger partial charge in [0, 0.05) is 19.6 Å². The van der Waals surface area contributed by atoms with E-state index in [1.165, 1.54) is 11.1 Å². The van der Waals surface area contributed by atoms with Crippen LogP contribution in [-0.2, 0) is 24.8 Å². The van der Waals surface area contributed by atoms with Crippen molar-refractivity contribution < 1.29 is 10.2 Å². The van der Waals surface area contributed by atoms with Crippen molar-refractivity contribution in [1.82, 2.24) is 10.2 Å². The van der Waals surface area contributed by atoms with Crippen LogP contribution in [0.4, 0.5) is 0 Å². The molecule has 3 N–H and O–H groups in total. The fourth-order valence-corrected chi connectivity index (χ4v) is 3.82. The molecule has 28 heavy (non-hydrogen) atoms. The average molecular weight is 399 g/mol. The largest absolute Gasteiger partial charge is 0.504 e. The Labute approximate surface area is 173 Å². The van der Waals surface area contributed by atoms with Crippen LogP contribution in [0.25, 0.3) is 0 Å². The van der Waals surface area contributed by atoms with Crippen molar-refractivity contribution in [2.24, 2.45) is 0 Å². The topological polar surface area (TPSA) is 55.7 Å². The second-order valence-electron chi connectivity index (χ2n) is 8.56. The molecule has 0 fully saturated rings. The molecule has 0 bridgehead atoms. The van der Waals surface area contributed by atoms with Gasteiger partial charge in [-0.1, -0.05) is 45.0 Å². The van der Waals surface area contributed by atoms with Crippen LogP contribution in [-0.4, -0.2) is 33.3 Å². The summed E-state index contributed by atoms with van der Waals surface area (Å²) in [4.78, 5) is 2.14. The number of nitrogens with one attached hydrogen (secondary N) is 1. The number of hydrogen-bond donors (Lipinski definition) is 3. The summed E-state index contributed by atoms with van der Waals surface area (Å²) in [6.45, 7) is 8.98. The summed E-state index contributed by atoms with van der Waals surface area (Å²) in [7, 11) is 0. The van der Waals surface area contributed by atoms with Gasteiger partial charge in [-0.05, 0) is 71.3 Å². The van der Waals surface area contributed by atoms with Gasteiger partial charge in [-0.25, -0.2) is 0 Å². The molecule has 0 aliphatic carbocycles. The molecule has 2 aromatic carbocycles. The van der Waals surface area contributed by atoms with E-state index in [0.29, 0.717) is 6.54 Å². The molecule has 1 aliphatic heterocycles. The minimum Gasteiger partial charge on any atom is -0.504 e. The number of fused-ring (bicyclic) bond motifs is 1. The highest BCUT2D eigenvalue weighted by Gasteiger charge is 2.18. The minimum absolute atomic E-state index is 0.0506. The number of rotatable bonds is 3. The fraction of sp³-hybridized carbons (Fsp3) is 0.435. The third kappa shape index (κ3) is 4.96. The number of phenolic OH excluding ortho intramolecular Hbond substituents is 2. The van der Waals surface area contributed by atoms with E-state index in [1.54, 1.807) is 12.1 Å². The van der Waals surface area contributed by atoms with E-state index >= 15 is 0 Å². The van der Waals surface area contributed by atoms with E-state index in [1.807, 2.05) is 0 Å². The van der Waals surface area contributed by atoms with Crippen molar-refractivity contribution in [3.05, 3.63) is 58.7 Å². The molecule has 2 aromatic rings. The third-order valence-electron chi connectivity index (χ3n) is 5.33. The number of nitrogens with zero attached hydrogens (tertiary/aromatic N) is 1. The van der Waals surface area contributed by atoms with Gasteiger partial charge in [-0.3, -0.25) is 0 Å². The van der Waals surface area contributed by atoms with Crippen molar-refractivity contribution in [3.8, 4) is 11.5 Å². The van der Waals surface area contributed by atoms with E-state index in [0.717, 1.165) is 48.6 Å². The maximum atomic E-state index is 9.81. The molecule has 0 unspecified atom stereocenters. The first-order chi connectivity index (χ1) is 13.2. The molecule has 0 spiro atoms. The van der Waals surface area contributed by atoms with Crippen LogP contribution in [0.3, 0.4) is 0 Å². The van der Waals surface area contributed by atoms with Gasteiger partial charge in [-0.15, -0.1) is 0 Å². The fourth-order valence-electron chi connectivity index (χ4n) is 3.56. The minimum atomic E-state index is -0.0711. The number of phenols is 2. The standard InChI is InChI=1S/C23H30N2O2S/c1-23(2,3)19-8-6-16(7-9-19)10-11-24-22(28)25-12-4-5-17-13-20(26)21(27)14-18(17)15-25/h6-9,13-14,26-27H,4-5,10-12,15H2,1-3H3,(H,24,28). The lowest BCUT2D eigenvalue weighted by Crippen LogP contribution is -2.40.